The van der Waals surface area contributed by atoms with Crippen molar-refractivity contribution in [3.63, 3.8) is 0 Å². The Labute approximate surface area is 159 Å². The van der Waals surface area contributed by atoms with Gasteiger partial charge < -0.3 is 19.5 Å². The fourth-order valence-corrected chi connectivity index (χ4v) is 4.97. The van der Waals surface area contributed by atoms with Crippen molar-refractivity contribution >= 4 is 17.7 Å². The molecule has 144 valence electrons. The van der Waals surface area contributed by atoms with Crippen LogP contribution in [0.15, 0.2) is 18.2 Å². The molecular weight excluding hydrogens is 352 g/mol. The number of nitrogens with one attached hydrogen (secondary N) is 1. The highest BCUT2D eigenvalue weighted by molar-refractivity contribution is 7.99. The standard InChI is InChI=1S/C19H28N2O4S/c1-23-16-4-3-15(13-17(16)24-2)18(22)20-14-19(5-11-26-12-6-19)21-7-9-25-10-8-21/h3-4,13H,5-12,14H2,1-2H3,(H,20,22). The van der Waals surface area contributed by atoms with Crippen molar-refractivity contribution < 1.29 is 19.0 Å². The largest absolute Gasteiger partial charge is 0.493 e. The predicted molar refractivity (Wildman–Crippen MR) is 104 cm³/mol. The summed E-state index contributed by atoms with van der Waals surface area (Å²) >= 11 is 2.00. The van der Waals surface area contributed by atoms with Gasteiger partial charge in [0.15, 0.2) is 11.5 Å². The molecule has 1 N–H and O–H groups in total. The Hall–Kier alpha value is -1.44. The van der Waals surface area contributed by atoms with Crippen LogP contribution in [0.3, 0.4) is 0 Å². The Morgan fingerprint density at radius 1 is 1.19 bits per heavy atom. The SMILES string of the molecule is COc1ccc(C(=O)NCC2(N3CCOCC3)CCSCC2)cc1OC. The summed E-state index contributed by atoms with van der Waals surface area (Å²) in [6.07, 6.45) is 2.20. The molecule has 1 aromatic rings. The number of amides is 1. The second-order valence-electron chi connectivity index (χ2n) is 6.69. The van der Waals surface area contributed by atoms with Gasteiger partial charge >= 0.3 is 0 Å². The van der Waals surface area contributed by atoms with Gasteiger partial charge in [-0.15, -0.1) is 0 Å². The predicted octanol–water partition coefficient (Wildman–Crippen LogP) is 2.03. The number of benzene rings is 1. The number of ether oxygens (including phenoxy) is 3. The van der Waals surface area contributed by atoms with E-state index >= 15 is 0 Å². The first-order valence-electron chi connectivity index (χ1n) is 9.09. The maximum atomic E-state index is 12.7. The summed E-state index contributed by atoms with van der Waals surface area (Å²) in [5.41, 5.74) is 0.631. The Morgan fingerprint density at radius 2 is 1.88 bits per heavy atom. The van der Waals surface area contributed by atoms with E-state index in [-0.39, 0.29) is 11.4 Å². The zero-order chi connectivity index (χ0) is 18.4. The quantitative estimate of drug-likeness (QED) is 0.815. The van der Waals surface area contributed by atoms with Crippen molar-refractivity contribution in [2.75, 3.05) is 58.6 Å². The van der Waals surface area contributed by atoms with Crippen LogP contribution in [0.5, 0.6) is 11.5 Å². The average Bonchev–Trinajstić information content (AvgIpc) is 2.72. The molecule has 0 aromatic heterocycles. The maximum absolute atomic E-state index is 12.7. The molecule has 7 heteroatoms. The Kier molecular flexibility index (Phi) is 6.67. The van der Waals surface area contributed by atoms with E-state index in [9.17, 15) is 4.79 Å². The van der Waals surface area contributed by atoms with Gasteiger partial charge in [0.1, 0.15) is 0 Å². The van der Waals surface area contributed by atoms with Crippen LogP contribution in [0.4, 0.5) is 0 Å². The molecular formula is C19H28N2O4S. The van der Waals surface area contributed by atoms with Crippen LogP contribution in [0.1, 0.15) is 23.2 Å². The molecule has 2 saturated heterocycles. The summed E-state index contributed by atoms with van der Waals surface area (Å²) in [7, 11) is 3.16. The summed E-state index contributed by atoms with van der Waals surface area (Å²) in [6, 6.07) is 5.27. The number of methoxy groups -OCH3 is 2. The normalized spacial score (nSPS) is 20.4. The minimum Gasteiger partial charge on any atom is -0.493 e. The average molecular weight is 381 g/mol. The summed E-state index contributed by atoms with van der Waals surface area (Å²) < 4.78 is 16.1. The van der Waals surface area contributed by atoms with E-state index in [0.717, 1.165) is 50.7 Å². The monoisotopic (exact) mass is 380 g/mol. The number of morpholine rings is 1. The molecule has 3 rings (SSSR count). The van der Waals surface area contributed by atoms with Gasteiger partial charge in [0.25, 0.3) is 5.91 Å². The van der Waals surface area contributed by atoms with E-state index in [1.165, 1.54) is 0 Å². The topological polar surface area (TPSA) is 60.0 Å². The van der Waals surface area contributed by atoms with Gasteiger partial charge in [-0.05, 0) is 42.5 Å². The highest BCUT2D eigenvalue weighted by Gasteiger charge is 2.39. The Balaban J connectivity index is 1.69. The molecule has 2 aliphatic heterocycles. The second-order valence-corrected chi connectivity index (χ2v) is 7.91. The molecule has 0 bridgehead atoms. The smallest absolute Gasteiger partial charge is 0.251 e. The van der Waals surface area contributed by atoms with Gasteiger partial charge in [-0.1, -0.05) is 0 Å². The zero-order valence-corrected chi connectivity index (χ0v) is 16.4. The van der Waals surface area contributed by atoms with Crippen LogP contribution in [0, 0.1) is 0 Å². The van der Waals surface area contributed by atoms with Crippen LogP contribution in [-0.2, 0) is 4.74 Å². The molecule has 0 atom stereocenters. The number of hydrogen-bond donors (Lipinski definition) is 1. The molecule has 26 heavy (non-hydrogen) atoms. The maximum Gasteiger partial charge on any atom is 0.251 e. The van der Waals surface area contributed by atoms with Gasteiger partial charge in [-0.2, -0.15) is 11.8 Å². The fraction of sp³-hybridized carbons (Fsp3) is 0.632. The summed E-state index contributed by atoms with van der Waals surface area (Å²) in [4.78, 5) is 15.2. The van der Waals surface area contributed by atoms with Crippen molar-refractivity contribution in [3.05, 3.63) is 23.8 Å². The summed E-state index contributed by atoms with van der Waals surface area (Å²) in [5.74, 6) is 3.40. The van der Waals surface area contributed by atoms with Crippen LogP contribution >= 0.6 is 11.8 Å². The molecule has 1 aromatic carbocycles. The van der Waals surface area contributed by atoms with Crippen molar-refractivity contribution in [1.29, 1.82) is 0 Å². The van der Waals surface area contributed by atoms with E-state index in [1.54, 1.807) is 32.4 Å². The lowest BCUT2D eigenvalue weighted by Crippen LogP contribution is -2.60. The molecule has 0 radical (unpaired) electrons. The molecule has 6 nitrogen and oxygen atoms in total. The number of hydrogen-bond acceptors (Lipinski definition) is 6. The number of carbonyl (C=O) groups excluding carboxylic acids is 1. The molecule has 1 amide bonds. The summed E-state index contributed by atoms with van der Waals surface area (Å²) in [5, 5.41) is 3.17. The number of carbonyl (C=O) groups is 1. The van der Waals surface area contributed by atoms with Crippen LogP contribution < -0.4 is 14.8 Å². The van der Waals surface area contributed by atoms with E-state index in [0.29, 0.717) is 23.6 Å². The van der Waals surface area contributed by atoms with E-state index in [1.807, 2.05) is 11.8 Å². The van der Waals surface area contributed by atoms with E-state index in [4.69, 9.17) is 14.2 Å². The van der Waals surface area contributed by atoms with Gasteiger partial charge in [0.05, 0.1) is 27.4 Å². The molecule has 0 unspecified atom stereocenters. The Morgan fingerprint density at radius 3 is 2.54 bits per heavy atom. The number of nitrogens with zero attached hydrogens (tertiary/aromatic N) is 1. The molecule has 2 aliphatic rings. The molecule has 0 saturated carbocycles. The van der Waals surface area contributed by atoms with Crippen LogP contribution in [0.25, 0.3) is 0 Å². The lowest BCUT2D eigenvalue weighted by atomic mass is 9.89. The zero-order valence-electron chi connectivity index (χ0n) is 15.6. The summed E-state index contributed by atoms with van der Waals surface area (Å²) in [6.45, 7) is 4.10. The minimum absolute atomic E-state index is 0.0429. The van der Waals surface area contributed by atoms with Gasteiger partial charge in [-0.25, -0.2) is 0 Å². The highest BCUT2D eigenvalue weighted by Crippen LogP contribution is 2.33. The number of thioether (sulfide) groups is 1. The molecule has 0 spiro atoms. The fourth-order valence-electron chi connectivity index (χ4n) is 3.72. The van der Waals surface area contributed by atoms with Crippen LogP contribution in [0.2, 0.25) is 0 Å². The second kappa shape index (κ2) is 8.97. The lowest BCUT2D eigenvalue weighted by molar-refractivity contribution is -0.0255. The van der Waals surface area contributed by atoms with Gasteiger partial charge in [-0.3, -0.25) is 9.69 Å². The van der Waals surface area contributed by atoms with Gasteiger partial charge in [0.2, 0.25) is 0 Å². The third kappa shape index (κ3) is 4.27. The number of rotatable bonds is 6. The first-order chi connectivity index (χ1) is 12.7. The molecule has 0 aliphatic carbocycles. The van der Waals surface area contributed by atoms with Crippen molar-refractivity contribution in [2.45, 2.75) is 18.4 Å². The van der Waals surface area contributed by atoms with Crippen molar-refractivity contribution in [1.82, 2.24) is 10.2 Å². The first-order valence-corrected chi connectivity index (χ1v) is 10.2. The Bertz CT molecular complexity index is 614. The van der Waals surface area contributed by atoms with Crippen LogP contribution in [-0.4, -0.2) is 74.9 Å². The van der Waals surface area contributed by atoms with Crippen molar-refractivity contribution in [3.8, 4) is 11.5 Å². The third-order valence-electron chi connectivity index (χ3n) is 5.33. The van der Waals surface area contributed by atoms with E-state index in [2.05, 4.69) is 10.2 Å². The van der Waals surface area contributed by atoms with Crippen molar-refractivity contribution in [2.24, 2.45) is 0 Å². The lowest BCUT2D eigenvalue weighted by Gasteiger charge is -2.48. The molecule has 2 heterocycles. The third-order valence-corrected chi connectivity index (χ3v) is 6.31. The first kappa shape index (κ1) is 19.3. The minimum atomic E-state index is -0.0724. The highest BCUT2D eigenvalue weighted by atomic mass is 32.2. The van der Waals surface area contributed by atoms with E-state index < -0.39 is 0 Å². The molecule has 2 fully saturated rings. The van der Waals surface area contributed by atoms with Gasteiger partial charge in [0, 0.05) is 30.7 Å².